The molecule has 3 nitrogen and oxygen atoms in total. The normalized spacial score (nSPS) is 12.7. The number of halogens is 1. The van der Waals surface area contributed by atoms with E-state index in [4.69, 9.17) is 4.42 Å². The lowest BCUT2D eigenvalue weighted by Crippen LogP contribution is -2.23. The molecule has 1 aromatic carbocycles. The predicted molar refractivity (Wildman–Crippen MR) is 88.3 cm³/mol. The number of nitrogens with zero attached hydrogens (tertiary/aromatic N) is 1. The monoisotopic (exact) mass is 344 g/mol. The Balaban J connectivity index is 2.03. The number of hydrogen-bond donors (Lipinski definition) is 1. The van der Waals surface area contributed by atoms with E-state index in [1.54, 1.807) is 6.26 Å². The second-order valence-electron chi connectivity index (χ2n) is 4.99. The highest BCUT2D eigenvalue weighted by Crippen LogP contribution is 2.30. The van der Waals surface area contributed by atoms with E-state index in [0.29, 0.717) is 0 Å². The van der Waals surface area contributed by atoms with Crippen LogP contribution in [0.5, 0.6) is 0 Å². The Bertz CT molecular complexity index is 738. The van der Waals surface area contributed by atoms with Crippen molar-refractivity contribution >= 4 is 26.8 Å². The van der Waals surface area contributed by atoms with E-state index in [9.17, 15) is 0 Å². The van der Waals surface area contributed by atoms with Crippen LogP contribution in [0.3, 0.4) is 0 Å². The van der Waals surface area contributed by atoms with Gasteiger partial charge in [-0.3, -0.25) is 4.98 Å². The van der Waals surface area contributed by atoms with Gasteiger partial charge in [0, 0.05) is 17.1 Å². The lowest BCUT2D eigenvalue weighted by molar-refractivity contribution is 0.523. The highest BCUT2D eigenvalue weighted by Gasteiger charge is 2.18. The number of pyridine rings is 1. The molecule has 0 aliphatic rings. The first kappa shape index (κ1) is 14.3. The topological polar surface area (TPSA) is 38.1 Å². The molecule has 21 heavy (non-hydrogen) atoms. The van der Waals surface area contributed by atoms with Crippen LogP contribution in [0.2, 0.25) is 0 Å². The first-order valence-electron chi connectivity index (χ1n) is 7.10. The average molecular weight is 345 g/mol. The zero-order valence-corrected chi connectivity index (χ0v) is 13.4. The molecule has 4 heteroatoms. The number of fused-ring (bicyclic) bond motifs is 1. The number of benzene rings is 1. The van der Waals surface area contributed by atoms with Crippen molar-refractivity contribution in [2.75, 3.05) is 6.54 Å². The maximum Gasteiger partial charge on any atom is 0.174 e. The van der Waals surface area contributed by atoms with Crippen LogP contribution in [0.15, 0.2) is 57.9 Å². The molecule has 0 aliphatic heterocycles. The number of aromatic nitrogens is 1. The molecule has 0 saturated heterocycles. The first-order valence-corrected chi connectivity index (χ1v) is 7.90. The lowest BCUT2D eigenvalue weighted by Gasteiger charge is -2.18. The summed E-state index contributed by atoms with van der Waals surface area (Å²) in [6.45, 7) is 3.11. The molecule has 0 fully saturated rings. The fourth-order valence-electron chi connectivity index (χ4n) is 2.47. The van der Waals surface area contributed by atoms with Crippen LogP contribution in [0.1, 0.15) is 30.5 Å². The Kier molecular flexibility index (Phi) is 4.36. The van der Waals surface area contributed by atoms with Crippen molar-refractivity contribution in [1.29, 1.82) is 0 Å². The second kappa shape index (κ2) is 6.41. The molecule has 0 amide bonds. The van der Waals surface area contributed by atoms with Crippen LogP contribution >= 0.6 is 15.9 Å². The molecule has 108 valence electrons. The molecule has 2 aromatic heterocycles. The smallest absolute Gasteiger partial charge is 0.174 e. The highest BCUT2D eigenvalue weighted by atomic mass is 79.9. The van der Waals surface area contributed by atoms with E-state index >= 15 is 0 Å². The minimum atomic E-state index is 0.101. The Labute approximate surface area is 132 Å². The summed E-state index contributed by atoms with van der Waals surface area (Å²) >= 11 is 3.48. The summed E-state index contributed by atoms with van der Waals surface area (Å²) in [6, 6.07) is 12.5. The van der Waals surface area contributed by atoms with E-state index in [-0.39, 0.29) is 6.04 Å². The van der Waals surface area contributed by atoms with Gasteiger partial charge in [0.05, 0.1) is 17.8 Å². The molecule has 3 aromatic rings. The van der Waals surface area contributed by atoms with Gasteiger partial charge in [0.15, 0.2) is 4.67 Å². The van der Waals surface area contributed by atoms with Crippen LogP contribution in [-0.4, -0.2) is 11.5 Å². The van der Waals surface area contributed by atoms with Gasteiger partial charge in [-0.15, -0.1) is 0 Å². The third kappa shape index (κ3) is 3.01. The largest absolute Gasteiger partial charge is 0.457 e. The third-order valence-corrected chi connectivity index (χ3v) is 4.16. The third-order valence-electron chi connectivity index (χ3n) is 3.52. The Morgan fingerprint density at radius 2 is 2.19 bits per heavy atom. The molecule has 1 N–H and O–H groups in total. The Hall–Kier alpha value is -1.65. The van der Waals surface area contributed by atoms with Crippen molar-refractivity contribution in [2.45, 2.75) is 19.4 Å². The second-order valence-corrected chi connectivity index (χ2v) is 5.71. The van der Waals surface area contributed by atoms with Gasteiger partial charge in [-0.1, -0.05) is 25.1 Å². The van der Waals surface area contributed by atoms with Crippen molar-refractivity contribution in [3.05, 3.63) is 64.7 Å². The van der Waals surface area contributed by atoms with Crippen LogP contribution in [-0.2, 0) is 0 Å². The molecule has 0 bridgehead atoms. The molecule has 2 heterocycles. The number of furan rings is 1. The van der Waals surface area contributed by atoms with Crippen molar-refractivity contribution in [1.82, 2.24) is 10.3 Å². The summed E-state index contributed by atoms with van der Waals surface area (Å²) < 4.78 is 6.17. The summed E-state index contributed by atoms with van der Waals surface area (Å²) in [5.41, 5.74) is 3.31. The van der Waals surface area contributed by atoms with E-state index < -0.39 is 0 Å². The Morgan fingerprint density at radius 3 is 2.95 bits per heavy atom. The van der Waals surface area contributed by atoms with E-state index in [2.05, 4.69) is 57.4 Å². The van der Waals surface area contributed by atoms with Gasteiger partial charge in [-0.2, -0.15) is 0 Å². The molecule has 1 unspecified atom stereocenters. The van der Waals surface area contributed by atoms with Crippen molar-refractivity contribution in [3.63, 3.8) is 0 Å². The standard InChI is InChI=1S/C17H17BrN2O/c1-2-8-20-16(14-7-10-21-17(14)18)13-6-5-12-4-3-9-19-15(12)11-13/h3-7,9-11,16,20H,2,8H2,1H3. The number of rotatable bonds is 5. The van der Waals surface area contributed by atoms with E-state index in [1.165, 1.54) is 5.56 Å². The zero-order valence-electron chi connectivity index (χ0n) is 11.8. The van der Waals surface area contributed by atoms with Crippen LogP contribution in [0.25, 0.3) is 10.9 Å². The number of nitrogens with one attached hydrogen (secondary N) is 1. The van der Waals surface area contributed by atoms with Crippen molar-refractivity contribution in [2.24, 2.45) is 0 Å². The van der Waals surface area contributed by atoms with Gasteiger partial charge in [0.1, 0.15) is 0 Å². The van der Waals surface area contributed by atoms with Crippen LogP contribution in [0, 0.1) is 0 Å². The van der Waals surface area contributed by atoms with Crippen LogP contribution in [0.4, 0.5) is 0 Å². The predicted octanol–water partition coefficient (Wildman–Crippen LogP) is 4.68. The van der Waals surface area contributed by atoms with Gasteiger partial charge < -0.3 is 9.73 Å². The molecule has 0 spiro atoms. The fraction of sp³-hybridized carbons (Fsp3) is 0.235. The summed E-state index contributed by atoms with van der Waals surface area (Å²) in [7, 11) is 0. The highest BCUT2D eigenvalue weighted by molar-refractivity contribution is 9.10. The summed E-state index contributed by atoms with van der Waals surface area (Å²) in [5, 5.41) is 4.73. The molecule has 0 radical (unpaired) electrons. The van der Waals surface area contributed by atoms with Crippen LogP contribution < -0.4 is 5.32 Å². The van der Waals surface area contributed by atoms with Crippen molar-refractivity contribution in [3.8, 4) is 0 Å². The molecule has 0 saturated carbocycles. The zero-order chi connectivity index (χ0) is 14.7. The molecular formula is C17H17BrN2O. The molecule has 3 rings (SSSR count). The fourth-order valence-corrected chi connectivity index (χ4v) is 2.94. The lowest BCUT2D eigenvalue weighted by atomic mass is 9.99. The first-order chi connectivity index (χ1) is 10.3. The number of hydrogen-bond acceptors (Lipinski definition) is 3. The van der Waals surface area contributed by atoms with Gasteiger partial charge in [-0.05, 0) is 52.7 Å². The molecule has 1 atom stereocenters. The van der Waals surface area contributed by atoms with Gasteiger partial charge >= 0.3 is 0 Å². The average Bonchev–Trinajstić information content (AvgIpc) is 2.94. The van der Waals surface area contributed by atoms with Crippen molar-refractivity contribution < 1.29 is 4.42 Å². The molecular weight excluding hydrogens is 328 g/mol. The minimum Gasteiger partial charge on any atom is -0.457 e. The quantitative estimate of drug-likeness (QED) is 0.730. The molecule has 0 aliphatic carbocycles. The summed E-state index contributed by atoms with van der Waals surface area (Å²) in [5.74, 6) is 0. The van der Waals surface area contributed by atoms with Gasteiger partial charge in [0.25, 0.3) is 0 Å². The maximum atomic E-state index is 5.40. The van der Waals surface area contributed by atoms with E-state index in [1.807, 2.05) is 18.3 Å². The maximum absolute atomic E-state index is 5.40. The van der Waals surface area contributed by atoms with Gasteiger partial charge in [-0.25, -0.2) is 0 Å². The van der Waals surface area contributed by atoms with Gasteiger partial charge in [0.2, 0.25) is 0 Å². The Morgan fingerprint density at radius 1 is 1.29 bits per heavy atom. The summed E-state index contributed by atoms with van der Waals surface area (Å²) in [6.07, 6.45) is 4.62. The van der Waals surface area contributed by atoms with E-state index in [0.717, 1.165) is 34.1 Å². The summed E-state index contributed by atoms with van der Waals surface area (Å²) in [4.78, 5) is 4.45. The SMILES string of the molecule is CCCNC(c1ccc2cccnc2c1)c1ccoc1Br. The minimum absolute atomic E-state index is 0.101.